The molecule has 2 saturated heterocycles. The van der Waals surface area contributed by atoms with E-state index in [1.165, 1.54) is 4.90 Å². The van der Waals surface area contributed by atoms with E-state index in [1.807, 2.05) is 26.0 Å². The van der Waals surface area contributed by atoms with Crippen molar-refractivity contribution in [2.45, 2.75) is 32.4 Å². The number of carbonyl (C=O) groups excluding carboxylic acids is 3. The van der Waals surface area contributed by atoms with Gasteiger partial charge in [-0.05, 0) is 36.6 Å². The van der Waals surface area contributed by atoms with Gasteiger partial charge in [-0.1, -0.05) is 13.8 Å². The molecule has 1 aromatic rings. The minimum atomic E-state index is -0.706. The predicted molar refractivity (Wildman–Crippen MR) is 125 cm³/mol. The summed E-state index contributed by atoms with van der Waals surface area (Å²) in [7, 11) is 1.59. The van der Waals surface area contributed by atoms with Crippen LogP contribution in [-0.2, 0) is 19.1 Å². The average molecular weight is 461 g/mol. The maximum Gasteiger partial charge on any atom is 0.251 e. The van der Waals surface area contributed by atoms with E-state index < -0.39 is 12.1 Å². The largest absolute Gasteiger partial charge is 0.384 e. The number of carbonyl (C=O) groups is 3. The Labute approximate surface area is 195 Å². The lowest BCUT2D eigenvalue weighted by Crippen LogP contribution is -2.52. The third-order valence-electron chi connectivity index (χ3n) is 6.03. The smallest absolute Gasteiger partial charge is 0.251 e. The predicted octanol–water partition coefficient (Wildman–Crippen LogP) is 1.00. The van der Waals surface area contributed by atoms with Crippen LogP contribution in [0.25, 0.3) is 0 Å². The SMILES string of the molecule is CC(C)CC(NC(=O)c1ccc(NCCN2CCOCC2)cc1)C(=O)N(C)C1COCC1=O. The summed E-state index contributed by atoms with van der Waals surface area (Å²) in [6.07, 6.45) is 0.484. The van der Waals surface area contributed by atoms with Crippen molar-refractivity contribution in [2.75, 3.05) is 65.0 Å². The van der Waals surface area contributed by atoms with E-state index in [1.54, 1.807) is 19.2 Å². The molecule has 0 saturated carbocycles. The van der Waals surface area contributed by atoms with Gasteiger partial charge in [0.05, 0.1) is 19.8 Å². The number of hydrogen-bond donors (Lipinski definition) is 2. The summed E-state index contributed by atoms with van der Waals surface area (Å²) < 4.78 is 10.5. The quantitative estimate of drug-likeness (QED) is 0.537. The van der Waals surface area contributed by atoms with Crippen molar-refractivity contribution in [1.29, 1.82) is 0 Å². The first-order valence-corrected chi connectivity index (χ1v) is 11.7. The van der Waals surface area contributed by atoms with Crippen LogP contribution in [-0.4, -0.2) is 99.1 Å². The molecular weight excluding hydrogens is 424 g/mol. The summed E-state index contributed by atoms with van der Waals surface area (Å²) in [5.74, 6) is -0.503. The molecule has 0 aliphatic carbocycles. The third-order valence-corrected chi connectivity index (χ3v) is 6.03. The molecule has 2 N–H and O–H groups in total. The fourth-order valence-corrected chi connectivity index (χ4v) is 4.04. The standard InChI is InChI=1S/C24H36N4O5/c1-17(2)14-20(24(31)27(3)21-15-33-16-22(21)29)26-23(30)18-4-6-19(7-5-18)25-8-9-28-10-12-32-13-11-28/h4-7,17,20-21,25H,8-16H2,1-3H3,(H,26,30). The van der Waals surface area contributed by atoms with E-state index in [2.05, 4.69) is 15.5 Å². The lowest BCUT2D eigenvalue weighted by Gasteiger charge is -2.28. The van der Waals surface area contributed by atoms with Gasteiger partial charge in [-0.15, -0.1) is 0 Å². The van der Waals surface area contributed by atoms with Crippen molar-refractivity contribution in [3.8, 4) is 0 Å². The van der Waals surface area contributed by atoms with Crippen LogP contribution >= 0.6 is 0 Å². The van der Waals surface area contributed by atoms with Gasteiger partial charge >= 0.3 is 0 Å². The number of likely N-dealkylation sites (N-methyl/N-ethyl adjacent to an activating group) is 1. The van der Waals surface area contributed by atoms with Crippen LogP contribution in [0.3, 0.4) is 0 Å². The number of ether oxygens (including phenoxy) is 2. The highest BCUT2D eigenvalue weighted by Crippen LogP contribution is 2.15. The molecule has 1 aromatic carbocycles. The molecule has 9 nitrogen and oxygen atoms in total. The van der Waals surface area contributed by atoms with E-state index in [-0.39, 0.29) is 36.7 Å². The van der Waals surface area contributed by atoms with Crippen LogP contribution < -0.4 is 10.6 Å². The first-order chi connectivity index (χ1) is 15.8. The highest BCUT2D eigenvalue weighted by Gasteiger charge is 2.35. The van der Waals surface area contributed by atoms with E-state index >= 15 is 0 Å². The molecule has 3 rings (SSSR count). The van der Waals surface area contributed by atoms with Gasteiger partial charge in [-0.25, -0.2) is 0 Å². The molecule has 182 valence electrons. The molecule has 0 bridgehead atoms. The zero-order valence-corrected chi connectivity index (χ0v) is 19.8. The Bertz CT molecular complexity index is 808. The van der Waals surface area contributed by atoms with Crippen molar-refractivity contribution < 1.29 is 23.9 Å². The molecule has 33 heavy (non-hydrogen) atoms. The zero-order chi connectivity index (χ0) is 23.8. The molecule has 0 spiro atoms. The molecular formula is C24H36N4O5. The van der Waals surface area contributed by atoms with Gasteiger partial charge in [-0.2, -0.15) is 0 Å². The van der Waals surface area contributed by atoms with Gasteiger partial charge in [0.2, 0.25) is 5.91 Å². The Morgan fingerprint density at radius 3 is 2.45 bits per heavy atom. The summed E-state index contributed by atoms with van der Waals surface area (Å²) >= 11 is 0. The Morgan fingerprint density at radius 2 is 1.85 bits per heavy atom. The first kappa shape index (κ1) is 25.1. The van der Waals surface area contributed by atoms with Crippen molar-refractivity contribution in [1.82, 2.24) is 15.1 Å². The number of hydrogen-bond acceptors (Lipinski definition) is 7. The average Bonchev–Trinajstić information content (AvgIpc) is 3.24. The molecule has 2 aliphatic rings. The van der Waals surface area contributed by atoms with Crippen LogP contribution in [0.5, 0.6) is 0 Å². The number of rotatable bonds is 10. The molecule has 9 heteroatoms. The number of benzene rings is 1. The zero-order valence-electron chi connectivity index (χ0n) is 19.8. The van der Waals surface area contributed by atoms with Crippen molar-refractivity contribution in [3.05, 3.63) is 29.8 Å². The summed E-state index contributed by atoms with van der Waals surface area (Å²) in [5, 5.41) is 6.24. The van der Waals surface area contributed by atoms with Gasteiger partial charge in [0.1, 0.15) is 18.7 Å². The Balaban J connectivity index is 1.54. The highest BCUT2D eigenvalue weighted by atomic mass is 16.5. The minimum absolute atomic E-state index is 0.0241. The minimum Gasteiger partial charge on any atom is -0.384 e. The van der Waals surface area contributed by atoms with Gasteiger partial charge in [-0.3, -0.25) is 19.3 Å². The molecule has 2 unspecified atom stereocenters. The lowest BCUT2D eigenvalue weighted by molar-refractivity contribution is -0.138. The molecule has 2 heterocycles. The van der Waals surface area contributed by atoms with E-state index in [4.69, 9.17) is 9.47 Å². The van der Waals surface area contributed by atoms with Crippen molar-refractivity contribution in [2.24, 2.45) is 5.92 Å². The van der Waals surface area contributed by atoms with E-state index in [0.717, 1.165) is 45.1 Å². The number of Topliss-reactive ketones (excluding diaryl/α,β-unsaturated/α-hetero) is 1. The second kappa shape index (κ2) is 12.1. The van der Waals surface area contributed by atoms with Gasteiger partial charge < -0.3 is 25.0 Å². The van der Waals surface area contributed by atoms with E-state index in [9.17, 15) is 14.4 Å². The van der Waals surface area contributed by atoms with Gasteiger partial charge in [0.25, 0.3) is 5.91 Å². The number of morpholine rings is 1. The van der Waals surface area contributed by atoms with Gasteiger partial charge in [0.15, 0.2) is 5.78 Å². The van der Waals surface area contributed by atoms with E-state index in [0.29, 0.717) is 12.0 Å². The second-order valence-electron chi connectivity index (χ2n) is 9.06. The van der Waals surface area contributed by atoms with Crippen molar-refractivity contribution >= 4 is 23.3 Å². The Morgan fingerprint density at radius 1 is 1.15 bits per heavy atom. The summed E-state index contributed by atoms with van der Waals surface area (Å²) in [6, 6.07) is 5.94. The molecule has 2 atom stereocenters. The number of ketones is 1. The first-order valence-electron chi connectivity index (χ1n) is 11.7. The molecule has 0 radical (unpaired) electrons. The van der Waals surface area contributed by atoms with Crippen LogP contribution in [0.1, 0.15) is 30.6 Å². The maximum absolute atomic E-state index is 13.1. The van der Waals surface area contributed by atoms with Crippen LogP contribution in [0, 0.1) is 5.92 Å². The van der Waals surface area contributed by atoms with Crippen molar-refractivity contribution in [3.63, 3.8) is 0 Å². The fraction of sp³-hybridized carbons (Fsp3) is 0.625. The normalized spacial score (nSPS) is 20.0. The Kier molecular flexibility index (Phi) is 9.22. The lowest BCUT2D eigenvalue weighted by atomic mass is 10.0. The number of nitrogens with zero attached hydrogens (tertiary/aromatic N) is 2. The third kappa shape index (κ3) is 7.25. The molecule has 0 aromatic heterocycles. The van der Waals surface area contributed by atoms with Crippen LogP contribution in [0.15, 0.2) is 24.3 Å². The summed E-state index contributed by atoms with van der Waals surface area (Å²) in [4.78, 5) is 41.7. The van der Waals surface area contributed by atoms with Crippen LogP contribution in [0.2, 0.25) is 0 Å². The van der Waals surface area contributed by atoms with Crippen LogP contribution in [0.4, 0.5) is 5.69 Å². The molecule has 2 amide bonds. The van der Waals surface area contributed by atoms with Gasteiger partial charge in [0, 0.05) is 44.5 Å². The topological polar surface area (TPSA) is 100 Å². The maximum atomic E-state index is 13.1. The molecule has 2 fully saturated rings. The number of amides is 2. The highest BCUT2D eigenvalue weighted by molar-refractivity contribution is 5.99. The summed E-state index contributed by atoms with van der Waals surface area (Å²) in [6.45, 7) is 9.43. The Hall–Kier alpha value is -2.49. The molecule has 2 aliphatic heterocycles. The fourth-order valence-electron chi connectivity index (χ4n) is 4.04. The second-order valence-corrected chi connectivity index (χ2v) is 9.06. The number of anilines is 1. The number of nitrogens with one attached hydrogen (secondary N) is 2. The monoisotopic (exact) mass is 460 g/mol. The summed E-state index contributed by atoms with van der Waals surface area (Å²) in [5.41, 5.74) is 1.42.